The Hall–Kier alpha value is -0.680. The van der Waals surface area contributed by atoms with Crippen LogP contribution in [-0.2, 0) is 4.79 Å². The van der Waals surface area contributed by atoms with Crippen molar-refractivity contribution in [1.29, 1.82) is 0 Å². The van der Waals surface area contributed by atoms with Crippen LogP contribution in [0.4, 0.5) is 0 Å². The maximum Gasteiger partial charge on any atom is 0.240 e. The van der Waals surface area contributed by atoms with Crippen LogP contribution >= 0.6 is 23.2 Å². The number of rotatable bonds is 5. The number of carbonyl (C=O) groups is 1. The molecular formula is C4H7Cl2N5O. The number of hydrazine groups is 1. The quantitative estimate of drug-likeness (QED) is 0.184. The van der Waals surface area contributed by atoms with Gasteiger partial charge in [0.15, 0.2) is 0 Å². The molecule has 0 atom stereocenters. The molecule has 1 amide bonds. The Morgan fingerprint density at radius 3 is 2.58 bits per heavy atom. The van der Waals surface area contributed by atoms with Gasteiger partial charge >= 0.3 is 0 Å². The molecule has 1 N–H and O–H groups in total. The lowest BCUT2D eigenvalue weighted by molar-refractivity contribution is -0.123. The first kappa shape index (κ1) is 11.3. The van der Waals surface area contributed by atoms with E-state index in [1.807, 2.05) is 0 Å². The molecule has 68 valence electrons. The lowest BCUT2D eigenvalue weighted by Crippen LogP contribution is -2.41. The molecule has 0 unspecified atom stereocenters. The summed E-state index contributed by atoms with van der Waals surface area (Å²) in [6.07, 6.45) is 0. The van der Waals surface area contributed by atoms with Crippen molar-refractivity contribution in [2.45, 2.75) is 0 Å². The first-order chi connectivity index (χ1) is 5.74. The summed E-state index contributed by atoms with van der Waals surface area (Å²) in [5.41, 5.74) is 10.2. The van der Waals surface area contributed by atoms with E-state index in [4.69, 9.17) is 28.7 Å². The Labute approximate surface area is 79.0 Å². The number of carbonyl (C=O) groups excluding carboxylic acids is 1. The normalized spacial score (nSPS) is 9.25. The van der Waals surface area contributed by atoms with Gasteiger partial charge in [0.1, 0.15) is 6.54 Å². The van der Waals surface area contributed by atoms with Crippen LogP contribution in [0.2, 0.25) is 0 Å². The maximum atomic E-state index is 10.8. The smallest absolute Gasteiger partial charge is 0.240 e. The number of nitrogens with zero attached hydrogens (tertiary/aromatic N) is 4. The van der Waals surface area contributed by atoms with Crippen LogP contribution in [0.5, 0.6) is 0 Å². The molecule has 0 bridgehead atoms. The van der Waals surface area contributed by atoms with Crippen molar-refractivity contribution in [3.63, 3.8) is 0 Å². The Kier molecular flexibility index (Phi) is 6.60. The lowest BCUT2D eigenvalue weighted by Gasteiger charge is -2.15. The van der Waals surface area contributed by atoms with Crippen molar-refractivity contribution in [2.24, 2.45) is 5.11 Å². The predicted molar refractivity (Wildman–Crippen MR) is 45.4 cm³/mol. The summed E-state index contributed by atoms with van der Waals surface area (Å²) in [5.74, 6) is -0.450. The summed E-state index contributed by atoms with van der Waals surface area (Å²) in [7, 11) is 0. The predicted octanol–water partition coefficient (Wildman–Crippen LogP) is 1.02. The van der Waals surface area contributed by atoms with E-state index in [1.54, 1.807) is 0 Å². The fourth-order valence-corrected chi connectivity index (χ4v) is 0.774. The van der Waals surface area contributed by atoms with Gasteiger partial charge in [-0.25, -0.2) is 0 Å². The Bertz CT molecular complexity index is 188. The number of amides is 1. The topological polar surface area (TPSA) is 81.1 Å². The summed E-state index contributed by atoms with van der Waals surface area (Å²) in [6.45, 7) is -0.263. The molecule has 0 spiro atoms. The summed E-state index contributed by atoms with van der Waals surface area (Å²) in [5, 5.41) is 4.31. The van der Waals surface area contributed by atoms with E-state index in [2.05, 4.69) is 15.5 Å². The van der Waals surface area contributed by atoms with Gasteiger partial charge in [0, 0.05) is 4.91 Å². The van der Waals surface area contributed by atoms with Gasteiger partial charge in [-0.05, 0) is 5.53 Å². The summed E-state index contributed by atoms with van der Waals surface area (Å²) in [6, 6.07) is 0.150. The molecule has 6 nitrogen and oxygen atoms in total. The Morgan fingerprint density at radius 1 is 1.58 bits per heavy atom. The van der Waals surface area contributed by atoms with Crippen molar-refractivity contribution < 1.29 is 4.79 Å². The van der Waals surface area contributed by atoms with Gasteiger partial charge in [-0.15, -0.1) is 23.2 Å². The van der Waals surface area contributed by atoms with Crippen molar-refractivity contribution in [2.75, 3.05) is 18.6 Å². The van der Waals surface area contributed by atoms with Crippen LogP contribution in [0.25, 0.3) is 10.4 Å². The zero-order valence-electron chi connectivity index (χ0n) is 6.07. The van der Waals surface area contributed by atoms with Gasteiger partial charge in [-0.2, -0.15) is 5.01 Å². The van der Waals surface area contributed by atoms with Crippen molar-refractivity contribution in [1.82, 2.24) is 10.4 Å². The average Bonchev–Trinajstić information content (AvgIpc) is 2.10. The summed E-state index contributed by atoms with van der Waals surface area (Å²) in [4.78, 5) is 13.2. The molecule has 0 saturated carbocycles. The average molecular weight is 212 g/mol. The SMILES string of the molecule is [N-]=[N+]=NCC(=O)NN(CCl)CCl. The molecule has 0 aromatic carbocycles. The third-order valence-electron chi connectivity index (χ3n) is 0.849. The second-order valence-corrected chi connectivity index (χ2v) is 2.18. The van der Waals surface area contributed by atoms with Crippen LogP contribution in [0.15, 0.2) is 5.11 Å². The highest BCUT2D eigenvalue weighted by molar-refractivity contribution is 6.20. The maximum absolute atomic E-state index is 10.8. The van der Waals surface area contributed by atoms with E-state index >= 15 is 0 Å². The number of halogens is 2. The van der Waals surface area contributed by atoms with Gasteiger partial charge < -0.3 is 0 Å². The van der Waals surface area contributed by atoms with E-state index in [1.165, 1.54) is 5.01 Å². The first-order valence-corrected chi connectivity index (χ1v) is 3.98. The van der Waals surface area contributed by atoms with Crippen molar-refractivity contribution in [3.8, 4) is 0 Å². The fourth-order valence-electron chi connectivity index (χ4n) is 0.399. The van der Waals surface area contributed by atoms with Gasteiger partial charge in [-0.1, -0.05) is 5.11 Å². The number of hydrogen-bond donors (Lipinski definition) is 1. The standard InChI is InChI=1S/C4H7Cl2N5O/c5-2-11(3-6)9-4(12)1-8-10-7/h1-3H2,(H,9,12). The zero-order chi connectivity index (χ0) is 9.40. The second kappa shape index (κ2) is 7.00. The van der Waals surface area contributed by atoms with Gasteiger partial charge in [0.25, 0.3) is 0 Å². The number of hydrogen-bond acceptors (Lipinski definition) is 3. The molecule has 12 heavy (non-hydrogen) atoms. The molecule has 0 rings (SSSR count). The van der Waals surface area contributed by atoms with Crippen molar-refractivity contribution in [3.05, 3.63) is 10.4 Å². The molecular weight excluding hydrogens is 205 g/mol. The van der Waals surface area contributed by atoms with Crippen LogP contribution in [0.1, 0.15) is 0 Å². The highest BCUT2D eigenvalue weighted by Crippen LogP contribution is 1.88. The molecule has 0 aliphatic heterocycles. The van der Waals surface area contributed by atoms with Crippen LogP contribution in [0, 0.1) is 0 Å². The molecule has 8 heteroatoms. The second-order valence-electron chi connectivity index (χ2n) is 1.70. The molecule has 0 aliphatic rings. The van der Waals surface area contributed by atoms with Crippen LogP contribution < -0.4 is 5.43 Å². The minimum atomic E-state index is -0.450. The minimum absolute atomic E-state index is 0.0749. The third kappa shape index (κ3) is 5.03. The zero-order valence-corrected chi connectivity index (χ0v) is 7.59. The number of nitrogens with one attached hydrogen (secondary N) is 1. The molecule has 0 heterocycles. The van der Waals surface area contributed by atoms with E-state index in [0.29, 0.717) is 0 Å². The van der Waals surface area contributed by atoms with Gasteiger partial charge in [0.2, 0.25) is 5.91 Å². The Balaban J connectivity index is 3.73. The summed E-state index contributed by atoms with van der Waals surface area (Å²) >= 11 is 10.7. The van der Waals surface area contributed by atoms with Crippen LogP contribution in [0.3, 0.4) is 0 Å². The van der Waals surface area contributed by atoms with Crippen molar-refractivity contribution >= 4 is 29.1 Å². The Morgan fingerprint density at radius 2 is 2.17 bits per heavy atom. The molecule has 0 radical (unpaired) electrons. The van der Waals surface area contributed by atoms with E-state index in [-0.39, 0.29) is 18.6 Å². The van der Waals surface area contributed by atoms with E-state index < -0.39 is 5.91 Å². The van der Waals surface area contributed by atoms with E-state index in [9.17, 15) is 4.79 Å². The number of azide groups is 1. The van der Waals surface area contributed by atoms with E-state index in [0.717, 1.165) is 0 Å². The highest BCUT2D eigenvalue weighted by atomic mass is 35.5. The van der Waals surface area contributed by atoms with Crippen LogP contribution in [-0.4, -0.2) is 29.5 Å². The largest absolute Gasteiger partial charge is 0.287 e. The molecule has 0 aromatic rings. The molecule has 0 fully saturated rings. The minimum Gasteiger partial charge on any atom is -0.287 e. The summed E-state index contributed by atoms with van der Waals surface area (Å²) < 4.78 is 0. The molecule has 0 saturated heterocycles. The fraction of sp³-hybridized carbons (Fsp3) is 0.750. The molecule has 0 aromatic heterocycles. The number of alkyl halides is 2. The monoisotopic (exact) mass is 211 g/mol. The van der Waals surface area contributed by atoms with Gasteiger partial charge in [-0.3, -0.25) is 10.2 Å². The third-order valence-corrected chi connectivity index (χ3v) is 1.43. The molecule has 0 aliphatic carbocycles. The van der Waals surface area contributed by atoms with Gasteiger partial charge in [0.05, 0.1) is 12.0 Å². The highest BCUT2D eigenvalue weighted by Gasteiger charge is 2.04. The lowest BCUT2D eigenvalue weighted by atomic mass is 10.6. The first-order valence-electron chi connectivity index (χ1n) is 2.91.